The van der Waals surface area contributed by atoms with E-state index in [1.54, 1.807) is 18.2 Å². The van der Waals surface area contributed by atoms with Gasteiger partial charge < -0.3 is 10.1 Å². The number of aliphatic carboxylic acids is 1. The number of carbonyl (C=O) groups is 2. The molecule has 0 aliphatic heterocycles. The summed E-state index contributed by atoms with van der Waals surface area (Å²) in [6.07, 6.45) is 3.30. The lowest BCUT2D eigenvalue weighted by atomic mass is 10.1. The summed E-state index contributed by atoms with van der Waals surface area (Å²) in [6.45, 7) is 0. The molecule has 2 rings (SSSR count). The molecule has 18 heavy (non-hydrogen) atoms. The van der Waals surface area contributed by atoms with Crippen LogP contribution in [-0.4, -0.2) is 21.8 Å². The van der Waals surface area contributed by atoms with Gasteiger partial charge in [0.25, 0.3) is 0 Å². The minimum atomic E-state index is -1.17. The minimum Gasteiger partial charge on any atom is -0.478 e. The largest absolute Gasteiger partial charge is 0.478 e. The Morgan fingerprint density at radius 3 is 2.78 bits per heavy atom. The summed E-state index contributed by atoms with van der Waals surface area (Å²) < 4.78 is 0. The van der Waals surface area contributed by atoms with Crippen LogP contribution in [0.4, 0.5) is 0 Å². The van der Waals surface area contributed by atoms with Gasteiger partial charge in [0.05, 0.1) is 11.6 Å². The van der Waals surface area contributed by atoms with Gasteiger partial charge in [0, 0.05) is 28.7 Å². The molecule has 0 bridgehead atoms. The number of ketones is 1. The Labute approximate surface area is 102 Å². The van der Waals surface area contributed by atoms with Crippen molar-refractivity contribution >= 4 is 22.7 Å². The summed E-state index contributed by atoms with van der Waals surface area (Å²) in [5.41, 5.74) is 1.54. The first-order chi connectivity index (χ1) is 8.61. The Morgan fingerprint density at radius 2 is 2.11 bits per heavy atom. The topological polar surface area (TPSA) is 93.9 Å². The van der Waals surface area contributed by atoms with Crippen LogP contribution in [0.5, 0.6) is 0 Å². The quantitative estimate of drug-likeness (QED) is 0.632. The Bertz CT molecular complexity index is 705. The van der Waals surface area contributed by atoms with Gasteiger partial charge in [-0.2, -0.15) is 5.26 Å². The molecule has 0 atom stereocenters. The number of hydrogen-bond donors (Lipinski definition) is 2. The molecule has 0 unspecified atom stereocenters. The van der Waals surface area contributed by atoms with Crippen molar-refractivity contribution in [3.63, 3.8) is 0 Å². The van der Waals surface area contributed by atoms with Crippen molar-refractivity contribution in [1.29, 1.82) is 5.26 Å². The number of carboxylic acids is 1. The SMILES string of the molecule is N#Cc1ccc2c(C(=O)/C=C/C(=O)O)c[nH]c2c1. The van der Waals surface area contributed by atoms with Crippen LogP contribution in [0.3, 0.4) is 0 Å². The van der Waals surface area contributed by atoms with Crippen LogP contribution in [0.1, 0.15) is 15.9 Å². The molecule has 88 valence electrons. The highest BCUT2D eigenvalue weighted by molar-refractivity contribution is 6.14. The molecule has 0 spiro atoms. The zero-order valence-corrected chi connectivity index (χ0v) is 9.18. The first kappa shape index (κ1) is 11.6. The molecule has 0 saturated carbocycles. The van der Waals surface area contributed by atoms with E-state index in [1.807, 2.05) is 6.07 Å². The van der Waals surface area contributed by atoms with Gasteiger partial charge in [0.15, 0.2) is 5.78 Å². The number of nitriles is 1. The number of H-pyrrole nitrogens is 1. The third kappa shape index (κ3) is 2.13. The van der Waals surface area contributed by atoms with E-state index in [0.29, 0.717) is 22.0 Å². The average molecular weight is 240 g/mol. The summed E-state index contributed by atoms with van der Waals surface area (Å²) in [5, 5.41) is 17.9. The van der Waals surface area contributed by atoms with E-state index in [9.17, 15) is 9.59 Å². The standard InChI is InChI=1S/C13H8N2O3/c14-6-8-1-2-9-10(7-15-11(9)5-8)12(16)3-4-13(17)18/h1-5,7,15H,(H,17,18)/b4-3+. The zero-order valence-electron chi connectivity index (χ0n) is 9.18. The van der Waals surface area contributed by atoms with E-state index < -0.39 is 11.8 Å². The van der Waals surface area contributed by atoms with Crippen LogP contribution in [0.15, 0.2) is 36.5 Å². The summed E-state index contributed by atoms with van der Waals surface area (Å²) in [4.78, 5) is 25.0. The van der Waals surface area contributed by atoms with Gasteiger partial charge >= 0.3 is 5.97 Å². The van der Waals surface area contributed by atoms with Gasteiger partial charge in [-0.15, -0.1) is 0 Å². The lowest BCUT2D eigenvalue weighted by molar-refractivity contribution is -0.131. The molecule has 1 aromatic carbocycles. The van der Waals surface area contributed by atoms with Crippen molar-refractivity contribution in [2.24, 2.45) is 0 Å². The fourth-order valence-corrected chi connectivity index (χ4v) is 1.64. The van der Waals surface area contributed by atoms with Crippen molar-refractivity contribution in [3.05, 3.63) is 47.7 Å². The molecule has 0 radical (unpaired) electrons. The predicted molar refractivity (Wildman–Crippen MR) is 64.1 cm³/mol. The highest BCUT2D eigenvalue weighted by atomic mass is 16.4. The van der Waals surface area contributed by atoms with Crippen LogP contribution < -0.4 is 0 Å². The molecule has 1 aromatic heterocycles. The third-order valence-corrected chi connectivity index (χ3v) is 2.45. The van der Waals surface area contributed by atoms with Crippen LogP contribution in [0, 0.1) is 11.3 Å². The lowest BCUT2D eigenvalue weighted by Gasteiger charge is -1.94. The molecule has 0 amide bonds. The second-order valence-corrected chi connectivity index (χ2v) is 3.61. The molecule has 1 heterocycles. The summed E-state index contributed by atoms with van der Waals surface area (Å²) in [5.74, 6) is -1.57. The van der Waals surface area contributed by atoms with E-state index in [1.165, 1.54) is 6.20 Å². The van der Waals surface area contributed by atoms with E-state index >= 15 is 0 Å². The smallest absolute Gasteiger partial charge is 0.328 e. The van der Waals surface area contributed by atoms with Crippen molar-refractivity contribution in [2.45, 2.75) is 0 Å². The molecule has 5 nitrogen and oxygen atoms in total. The lowest BCUT2D eigenvalue weighted by Crippen LogP contribution is -1.95. The predicted octanol–water partition coefficient (Wildman–Crippen LogP) is 1.86. The minimum absolute atomic E-state index is 0.381. The number of carboxylic acid groups (broad SMARTS) is 1. The molecule has 0 aliphatic rings. The van der Waals surface area contributed by atoms with Crippen LogP contribution in [0.25, 0.3) is 10.9 Å². The number of aromatic nitrogens is 1. The molecule has 5 heteroatoms. The Hall–Kier alpha value is -2.87. The number of rotatable bonds is 3. The summed E-state index contributed by atoms with van der Waals surface area (Å²) >= 11 is 0. The second kappa shape index (κ2) is 4.55. The van der Waals surface area contributed by atoms with Gasteiger partial charge in [0.2, 0.25) is 0 Å². The second-order valence-electron chi connectivity index (χ2n) is 3.61. The Kier molecular flexibility index (Phi) is 2.94. The third-order valence-electron chi connectivity index (χ3n) is 2.45. The number of nitrogens with one attached hydrogen (secondary N) is 1. The molecule has 0 aliphatic carbocycles. The number of nitrogens with zero attached hydrogens (tertiary/aromatic N) is 1. The molecule has 2 aromatic rings. The van der Waals surface area contributed by atoms with Crippen molar-refractivity contribution in [2.75, 3.05) is 0 Å². The maximum absolute atomic E-state index is 11.7. The normalized spacial score (nSPS) is 10.6. The maximum Gasteiger partial charge on any atom is 0.328 e. The first-order valence-electron chi connectivity index (χ1n) is 5.08. The highest BCUT2D eigenvalue weighted by Crippen LogP contribution is 2.20. The monoisotopic (exact) mass is 240 g/mol. The number of carbonyl (C=O) groups excluding carboxylic acids is 1. The van der Waals surface area contributed by atoms with Gasteiger partial charge in [-0.05, 0) is 18.2 Å². The number of aromatic amines is 1. The van der Waals surface area contributed by atoms with Crippen molar-refractivity contribution in [1.82, 2.24) is 4.98 Å². The zero-order chi connectivity index (χ0) is 13.1. The molecule has 2 N–H and O–H groups in total. The number of allylic oxidation sites excluding steroid dienone is 1. The van der Waals surface area contributed by atoms with Crippen LogP contribution in [-0.2, 0) is 4.79 Å². The van der Waals surface area contributed by atoms with Gasteiger partial charge in [-0.1, -0.05) is 6.07 Å². The van der Waals surface area contributed by atoms with E-state index in [0.717, 1.165) is 12.2 Å². The molecular weight excluding hydrogens is 232 g/mol. The average Bonchev–Trinajstić information content (AvgIpc) is 2.78. The van der Waals surface area contributed by atoms with Gasteiger partial charge in [-0.3, -0.25) is 4.79 Å². The fraction of sp³-hybridized carbons (Fsp3) is 0. The first-order valence-corrected chi connectivity index (χ1v) is 5.08. The maximum atomic E-state index is 11.7. The van der Waals surface area contributed by atoms with Crippen LogP contribution in [0.2, 0.25) is 0 Å². The molecule has 0 saturated heterocycles. The molecule has 0 fully saturated rings. The van der Waals surface area contributed by atoms with Crippen molar-refractivity contribution < 1.29 is 14.7 Å². The Balaban J connectivity index is 2.44. The summed E-state index contributed by atoms with van der Waals surface area (Å²) in [7, 11) is 0. The number of fused-ring (bicyclic) bond motifs is 1. The highest BCUT2D eigenvalue weighted by Gasteiger charge is 2.10. The van der Waals surface area contributed by atoms with Crippen LogP contribution >= 0.6 is 0 Å². The number of hydrogen-bond acceptors (Lipinski definition) is 3. The van der Waals surface area contributed by atoms with E-state index in [2.05, 4.69) is 4.98 Å². The summed E-state index contributed by atoms with van der Waals surface area (Å²) in [6, 6.07) is 6.90. The number of benzene rings is 1. The van der Waals surface area contributed by atoms with E-state index in [-0.39, 0.29) is 0 Å². The molecular formula is C13H8N2O3. The van der Waals surface area contributed by atoms with Gasteiger partial charge in [0.1, 0.15) is 0 Å². The van der Waals surface area contributed by atoms with Gasteiger partial charge in [-0.25, -0.2) is 4.79 Å². The van der Waals surface area contributed by atoms with E-state index in [4.69, 9.17) is 10.4 Å². The Morgan fingerprint density at radius 1 is 1.33 bits per heavy atom. The van der Waals surface area contributed by atoms with Crippen molar-refractivity contribution in [3.8, 4) is 6.07 Å². The fourth-order valence-electron chi connectivity index (χ4n) is 1.64.